The lowest BCUT2D eigenvalue weighted by molar-refractivity contribution is 0.280. The van der Waals surface area contributed by atoms with Gasteiger partial charge in [0.05, 0.1) is 12.2 Å². The van der Waals surface area contributed by atoms with E-state index in [0.717, 1.165) is 5.82 Å². The number of aliphatic hydroxyl groups excluding tert-OH is 1. The van der Waals surface area contributed by atoms with Crippen molar-refractivity contribution in [3.8, 4) is 0 Å². The van der Waals surface area contributed by atoms with Crippen molar-refractivity contribution in [2.24, 2.45) is 0 Å². The fourth-order valence-corrected chi connectivity index (χ4v) is 2.65. The molecule has 1 saturated carbocycles. The molecule has 0 amide bonds. The summed E-state index contributed by atoms with van der Waals surface area (Å²) in [6.45, 7) is -0.119. The van der Waals surface area contributed by atoms with Crippen LogP contribution in [0, 0.1) is 0 Å². The van der Waals surface area contributed by atoms with Crippen molar-refractivity contribution in [1.82, 2.24) is 9.97 Å². The molecule has 1 heterocycles. The second-order valence-electron chi connectivity index (χ2n) is 4.53. The van der Waals surface area contributed by atoms with Crippen LogP contribution in [0.4, 0.5) is 5.82 Å². The fourth-order valence-electron chi connectivity index (χ4n) is 2.46. The molecule has 0 bridgehead atoms. The van der Waals surface area contributed by atoms with Crippen LogP contribution in [0.1, 0.15) is 37.7 Å². The molecule has 17 heavy (non-hydrogen) atoms. The lowest BCUT2D eigenvalue weighted by atomic mass is 9.94. The average molecular weight is 256 g/mol. The maximum Gasteiger partial charge on any atom is 0.140 e. The van der Waals surface area contributed by atoms with Crippen molar-refractivity contribution < 1.29 is 5.11 Å². The molecule has 1 aromatic rings. The number of aromatic nitrogens is 2. The summed E-state index contributed by atoms with van der Waals surface area (Å²) in [6.07, 6.45) is 7.68. The van der Waals surface area contributed by atoms with Crippen molar-refractivity contribution in [3.05, 3.63) is 17.0 Å². The monoisotopic (exact) mass is 255 g/mol. The molecule has 0 unspecified atom stereocenters. The number of anilines is 1. The quantitative estimate of drug-likeness (QED) is 0.843. The summed E-state index contributed by atoms with van der Waals surface area (Å²) >= 11 is 5.97. The first kappa shape index (κ1) is 12.6. The highest BCUT2D eigenvalue weighted by Gasteiger charge is 2.22. The van der Waals surface area contributed by atoms with Crippen molar-refractivity contribution in [2.75, 3.05) is 11.9 Å². The van der Waals surface area contributed by atoms with Gasteiger partial charge in [0.1, 0.15) is 17.3 Å². The molecule has 1 aliphatic rings. The molecule has 94 valence electrons. The molecule has 0 spiro atoms. The molecule has 1 aliphatic carbocycles. The van der Waals surface area contributed by atoms with Crippen LogP contribution in [0.25, 0.3) is 0 Å². The zero-order valence-corrected chi connectivity index (χ0v) is 10.8. The standard InChI is InChI=1S/C12H18ClN3O/c1-16(9-5-3-2-4-6-9)12-10(7-17)11(13)14-8-15-12/h8-9,17H,2-7H2,1H3. The zero-order chi connectivity index (χ0) is 12.3. The Balaban J connectivity index is 2.23. The maximum atomic E-state index is 9.36. The fraction of sp³-hybridized carbons (Fsp3) is 0.667. The van der Waals surface area contributed by atoms with Gasteiger partial charge in [-0.3, -0.25) is 0 Å². The van der Waals surface area contributed by atoms with E-state index >= 15 is 0 Å². The van der Waals surface area contributed by atoms with Gasteiger partial charge in [0, 0.05) is 13.1 Å². The van der Waals surface area contributed by atoms with Crippen LogP contribution in [-0.2, 0) is 6.61 Å². The van der Waals surface area contributed by atoms with Crippen molar-refractivity contribution in [3.63, 3.8) is 0 Å². The molecular formula is C12H18ClN3O. The minimum Gasteiger partial charge on any atom is -0.391 e. The van der Waals surface area contributed by atoms with Gasteiger partial charge in [-0.05, 0) is 12.8 Å². The highest BCUT2D eigenvalue weighted by molar-refractivity contribution is 6.30. The van der Waals surface area contributed by atoms with E-state index in [9.17, 15) is 5.11 Å². The molecule has 1 aromatic heterocycles. The Morgan fingerprint density at radius 1 is 1.35 bits per heavy atom. The summed E-state index contributed by atoms with van der Waals surface area (Å²) in [4.78, 5) is 10.3. The van der Waals surface area contributed by atoms with Crippen molar-refractivity contribution >= 4 is 17.4 Å². The lowest BCUT2D eigenvalue weighted by Gasteiger charge is -2.33. The number of hydrogen-bond acceptors (Lipinski definition) is 4. The molecule has 0 aromatic carbocycles. The third-order valence-electron chi connectivity index (χ3n) is 3.48. The van der Waals surface area contributed by atoms with E-state index in [1.165, 1.54) is 38.4 Å². The summed E-state index contributed by atoms with van der Waals surface area (Å²) in [7, 11) is 2.02. The Bertz CT molecular complexity index is 380. The average Bonchev–Trinajstić information content (AvgIpc) is 2.38. The van der Waals surface area contributed by atoms with E-state index < -0.39 is 0 Å². The largest absolute Gasteiger partial charge is 0.391 e. The first-order chi connectivity index (χ1) is 8.24. The molecule has 0 atom stereocenters. The molecule has 4 nitrogen and oxygen atoms in total. The van der Waals surface area contributed by atoms with Crippen LogP contribution in [0.15, 0.2) is 6.33 Å². The highest BCUT2D eigenvalue weighted by atomic mass is 35.5. The van der Waals surface area contributed by atoms with Crippen LogP contribution in [0.3, 0.4) is 0 Å². The third-order valence-corrected chi connectivity index (χ3v) is 3.81. The normalized spacial score (nSPS) is 17.1. The summed E-state index contributed by atoms with van der Waals surface area (Å²) in [5.41, 5.74) is 0.627. The smallest absolute Gasteiger partial charge is 0.140 e. The van der Waals surface area contributed by atoms with E-state index in [0.29, 0.717) is 16.8 Å². The van der Waals surface area contributed by atoms with Crippen LogP contribution in [-0.4, -0.2) is 28.2 Å². The zero-order valence-electron chi connectivity index (χ0n) is 10.1. The second-order valence-corrected chi connectivity index (χ2v) is 4.89. The van der Waals surface area contributed by atoms with Gasteiger partial charge in [0.2, 0.25) is 0 Å². The Morgan fingerprint density at radius 3 is 2.71 bits per heavy atom. The number of halogens is 1. The molecule has 1 fully saturated rings. The predicted octanol–water partition coefficient (Wildman–Crippen LogP) is 2.39. The van der Waals surface area contributed by atoms with Crippen LogP contribution in [0.2, 0.25) is 5.15 Å². The SMILES string of the molecule is CN(c1ncnc(Cl)c1CO)C1CCCCC1. The van der Waals surface area contributed by atoms with E-state index in [1.807, 2.05) is 7.05 Å². The minimum atomic E-state index is -0.119. The summed E-state index contributed by atoms with van der Waals surface area (Å²) in [6, 6.07) is 0.500. The van der Waals surface area contributed by atoms with E-state index in [4.69, 9.17) is 11.6 Å². The summed E-state index contributed by atoms with van der Waals surface area (Å²) in [5, 5.41) is 9.70. The van der Waals surface area contributed by atoms with Gasteiger partial charge >= 0.3 is 0 Å². The molecule has 2 rings (SSSR count). The summed E-state index contributed by atoms with van der Waals surface area (Å²) in [5.74, 6) is 0.763. The van der Waals surface area contributed by atoms with E-state index in [2.05, 4.69) is 14.9 Å². The first-order valence-corrected chi connectivity index (χ1v) is 6.45. The van der Waals surface area contributed by atoms with Crippen molar-refractivity contribution in [2.45, 2.75) is 44.8 Å². The highest BCUT2D eigenvalue weighted by Crippen LogP contribution is 2.29. The molecule has 0 saturated heterocycles. The minimum absolute atomic E-state index is 0.119. The molecule has 0 radical (unpaired) electrons. The van der Waals surface area contributed by atoms with Gasteiger partial charge in [-0.15, -0.1) is 0 Å². The lowest BCUT2D eigenvalue weighted by Crippen LogP contribution is -2.34. The number of aliphatic hydroxyl groups is 1. The van der Waals surface area contributed by atoms with Crippen LogP contribution in [0.5, 0.6) is 0 Å². The molecular weight excluding hydrogens is 238 g/mol. The van der Waals surface area contributed by atoms with Gasteiger partial charge in [0.15, 0.2) is 0 Å². The van der Waals surface area contributed by atoms with Gasteiger partial charge in [-0.2, -0.15) is 0 Å². The Morgan fingerprint density at radius 2 is 2.06 bits per heavy atom. The Kier molecular flexibility index (Phi) is 4.18. The van der Waals surface area contributed by atoms with Gasteiger partial charge in [0.25, 0.3) is 0 Å². The summed E-state index contributed by atoms with van der Waals surface area (Å²) < 4.78 is 0. The van der Waals surface area contributed by atoms with E-state index in [1.54, 1.807) is 0 Å². The van der Waals surface area contributed by atoms with Crippen LogP contribution >= 0.6 is 11.6 Å². The molecule has 5 heteroatoms. The maximum absolute atomic E-state index is 9.36. The topological polar surface area (TPSA) is 49.2 Å². The Hall–Kier alpha value is -0.870. The van der Waals surface area contributed by atoms with Gasteiger partial charge in [-0.25, -0.2) is 9.97 Å². The third kappa shape index (κ3) is 2.69. The number of nitrogens with zero attached hydrogens (tertiary/aromatic N) is 3. The molecule has 1 N–H and O–H groups in total. The van der Waals surface area contributed by atoms with Gasteiger partial charge in [-0.1, -0.05) is 30.9 Å². The molecule has 0 aliphatic heterocycles. The second kappa shape index (κ2) is 5.65. The van der Waals surface area contributed by atoms with E-state index in [-0.39, 0.29) is 6.61 Å². The van der Waals surface area contributed by atoms with Crippen LogP contribution < -0.4 is 4.90 Å². The first-order valence-electron chi connectivity index (χ1n) is 6.07. The van der Waals surface area contributed by atoms with Crippen molar-refractivity contribution in [1.29, 1.82) is 0 Å². The number of hydrogen-bond donors (Lipinski definition) is 1. The predicted molar refractivity (Wildman–Crippen MR) is 68.2 cm³/mol. The number of rotatable bonds is 3. The van der Waals surface area contributed by atoms with Gasteiger partial charge < -0.3 is 10.0 Å². The Labute approximate surface area is 107 Å².